The Morgan fingerprint density at radius 2 is 1.85 bits per heavy atom. The number of likely N-dealkylation sites (tertiary alicyclic amines) is 1. The van der Waals surface area contributed by atoms with E-state index in [-0.39, 0.29) is 29.9 Å². The Kier molecular flexibility index (Phi) is 4.46. The van der Waals surface area contributed by atoms with Gasteiger partial charge in [-0.1, -0.05) is 0 Å². The van der Waals surface area contributed by atoms with Gasteiger partial charge >= 0.3 is 12.0 Å². The van der Waals surface area contributed by atoms with Gasteiger partial charge < -0.3 is 20.6 Å². The number of aliphatic carboxylic acids is 1. The fraction of sp³-hybridized carbons (Fsp3) is 0.769. The monoisotopic (exact) mass is 283 g/mol. The number of rotatable bonds is 3. The summed E-state index contributed by atoms with van der Waals surface area (Å²) in [6, 6.07) is -0.189. The number of carboxylic acids is 1. The van der Waals surface area contributed by atoms with Crippen LogP contribution in [0.15, 0.2) is 0 Å². The summed E-state index contributed by atoms with van der Waals surface area (Å²) in [5.74, 6) is -1.21. The smallest absolute Gasteiger partial charge is 0.317 e. The maximum Gasteiger partial charge on any atom is 0.317 e. The van der Waals surface area contributed by atoms with E-state index in [1.807, 2.05) is 0 Å². The molecule has 112 valence electrons. The SMILES string of the molecule is CC(=O)NC1CCN(C(=O)N[C@H]2CC[C@@H](C(=O)O)C2)C1. The number of hydrogen-bond donors (Lipinski definition) is 3. The molecular weight excluding hydrogens is 262 g/mol. The summed E-state index contributed by atoms with van der Waals surface area (Å²) in [5, 5.41) is 14.6. The van der Waals surface area contributed by atoms with Crippen molar-refractivity contribution in [2.45, 2.75) is 44.7 Å². The topological polar surface area (TPSA) is 98.7 Å². The summed E-state index contributed by atoms with van der Waals surface area (Å²) >= 11 is 0. The molecule has 0 radical (unpaired) electrons. The number of carbonyl (C=O) groups is 3. The first-order valence-electron chi connectivity index (χ1n) is 7.01. The Balaban J connectivity index is 1.76. The van der Waals surface area contributed by atoms with Crippen LogP contribution < -0.4 is 10.6 Å². The van der Waals surface area contributed by atoms with E-state index in [0.717, 1.165) is 6.42 Å². The van der Waals surface area contributed by atoms with Crippen molar-refractivity contribution in [3.05, 3.63) is 0 Å². The zero-order valence-electron chi connectivity index (χ0n) is 11.6. The van der Waals surface area contributed by atoms with Gasteiger partial charge in [0.15, 0.2) is 0 Å². The zero-order chi connectivity index (χ0) is 14.7. The molecule has 0 spiro atoms. The van der Waals surface area contributed by atoms with E-state index in [0.29, 0.717) is 32.4 Å². The number of carboxylic acid groups (broad SMARTS) is 1. The fourth-order valence-corrected chi connectivity index (χ4v) is 2.95. The van der Waals surface area contributed by atoms with E-state index in [4.69, 9.17) is 5.11 Å². The lowest BCUT2D eigenvalue weighted by Crippen LogP contribution is -2.44. The molecule has 0 aromatic carbocycles. The lowest BCUT2D eigenvalue weighted by atomic mass is 10.1. The van der Waals surface area contributed by atoms with Crippen molar-refractivity contribution < 1.29 is 19.5 Å². The first-order chi connectivity index (χ1) is 9.45. The summed E-state index contributed by atoms with van der Waals surface area (Å²) in [6.45, 7) is 2.60. The molecule has 2 rings (SSSR count). The molecule has 1 saturated carbocycles. The van der Waals surface area contributed by atoms with Crippen molar-refractivity contribution in [1.82, 2.24) is 15.5 Å². The highest BCUT2D eigenvalue weighted by atomic mass is 16.4. The molecule has 3 atom stereocenters. The fourth-order valence-electron chi connectivity index (χ4n) is 2.95. The first-order valence-corrected chi connectivity index (χ1v) is 7.01. The van der Waals surface area contributed by atoms with Crippen LogP contribution in [0.3, 0.4) is 0 Å². The minimum absolute atomic E-state index is 0.0218. The third kappa shape index (κ3) is 3.61. The third-order valence-corrected chi connectivity index (χ3v) is 3.99. The molecule has 3 N–H and O–H groups in total. The van der Waals surface area contributed by atoms with Gasteiger partial charge in [0.1, 0.15) is 0 Å². The Bertz CT molecular complexity index is 412. The van der Waals surface area contributed by atoms with Gasteiger partial charge in [0.2, 0.25) is 5.91 Å². The number of nitrogens with zero attached hydrogens (tertiary/aromatic N) is 1. The summed E-state index contributed by atoms with van der Waals surface area (Å²) in [7, 11) is 0. The van der Waals surface area contributed by atoms with Crippen LogP contribution in [0, 0.1) is 5.92 Å². The van der Waals surface area contributed by atoms with E-state index < -0.39 is 5.97 Å². The second-order valence-corrected chi connectivity index (χ2v) is 5.63. The molecule has 1 heterocycles. The highest BCUT2D eigenvalue weighted by Gasteiger charge is 2.33. The van der Waals surface area contributed by atoms with Gasteiger partial charge in [0, 0.05) is 32.1 Å². The highest BCUT2D eigenvalue weighted by molar-refractivity contribution is 5.76. The third-order valence-electron chi connectivity index (χ3n) is 3.99. The largest absolute Gasteiger partial charge is 0.481 e. The van der Waals surface area contributed by atoms with Crippen LogP contribution in [0.1, 0.15) is 32.6 Å². The number of carbonyl (C=O) groups excluding carboxylic acids is 2. The molecule has 0 aromatic heterocycles. The Morgan fingerprint density at radius 3 is 2.45 bits per heavy atom. The first kappa shape index (κ1) is 14.6. The molecule has 20 heavy (non-hydrogen) atoms. The van der Waals surface area contributed by atoms with Crippen LogP contribution >= 0.6 is 0 Å². The Hall–Kier alpha value is -1.79. The normalized spacial score (nSPS) is 29.2. The van der Waals surface area contributed by atoms with E-state index in [1.54, 1.807) is 4.90 Å². The standard InChI is InChI=1S/C13H21N3O4/c1-8(17)14-11-4-5-16(7-11)13(20)15-10-3-2-9(6-10)12(18)19/h9-11H,2-7H2,1H3,(H,14,17)(H,15,20)(H,18,19)/t9-,10+,11?/m1/s1. The van der Waals surface area contributed by atoms with Crippen molar-refractivity contribution in [2.75, 3.05) is 13.1 Å². The lowest BCUT2D eigenvalue weighted by Gasteiger charge is -2.20. The maximum absolute atomic E-state index is 12.1. The maximum atomic E-state index is 12.1. The Labute approximate surface area is 117 Å². The zero-order valence-corrected chi connectivity index (χ0v) is 11.6. The predicted octanol–water partition coefficient (Wildman–Crippen LogP) is 0.160. The van der Waals surface area contributed by atoms with Crippen LogP contribution in [-0.4, -0.2) is 53.1 Å². The predicted molar refractivity (Wildman–Crippen MR) is 71.1 cm³/mol. The van der Waals surface area contributed by atoms with E-state index in [9.17, 15) is 14.4 Å². The summed E-state index contributed by atoms with van der Waals surface area (Å²) in [6.07, 6.45) is 2.60. The molecule has 3 amide bonds. The number of amides is 3. The van der Waals surface area contributed by atoms with Crippen LogP contribution in [0.25, 0.3) is 0 Å². The molecule has 0 bridgehead atoms. The number of urea groups is 1. The number of hydrogen-bond acceptors (Lipinski definition) is 3. The molecule has 1 unspecified atom stereocenters. The molecule has 7 nitrogen and oxygen atoms in total. The highest BCUT2D eigenvalue weighted by Crippen LogP contribution is 2.26. The van der Waals surface area contributed by atoms with Crippen molar-refractivity contribution in [3.8, 4) is 0 Å². The van der Waals surface area contributed by atoms with Gasteiger partial charge in [-0.15, -0.1) is 0 Å². The van der Waals surface area contributed by atoms with Crippen LogP contribution in [0.2, 0.25) is 0 Å². The average molecular weight is 283 g/mol. The minimum Gasteiger partial charge on any atom is -0.481 e. The number of nitrogens with one attached hydrogen (secondary N) is 2. The van der Waals surface area contributed by atoms with Crippen LogP contribution in [0.5, 0.6) is 0 Å². The second kappa shape index (κ2) is 6.11. The molecule has 2 fully saturated rings. The quantitative estimate of drug-likeness (QED) is 0.687. The minimum atomic E-state index is -0.784. The van der Waals surface area contributed by atoms with Crippen molar-refractivity contribution in [2.24, 2.45) is 5.92 Å². The molecular formula is C13H21N3O4. The molecule has 1 aliphatic heterocycles. The average Bonchev–Trinajstić information content (AvgIpc) is 2.97. The summed E-state index contributed by atoms with van der Waals surface area (Å²) in [4.78, 5) is 35.6. The summed E-state index contributed by atoms with van der Waals surface area (Å²) < 4.78 is 0. The van der Waals surface area contributed by atoms with Crippen LogP contribution in [-0.2, 0) is 9.59 Å². The Morgan fingerprint density at radius 1 is 1.10 bits per heavy atom. The van der Waals surface area contributed by atoms with Gasteiger partial charge in [-0.2, -0.15) is 0 Å². The molecule has 1 saturated heterocycles. The second-order valence-electron chi connectivity index (χ2n) is 5.63. The molecule has 1 aliphatic carbocycles. The van der Waals surface area contributed by atoms with Gasteiger partial charge in [-0.05, 0) is 25.7 Å². The van der Waals surface area contributed by atoms with Gasteiger partial charge in [0.05, 0.1) is 5.92 Å². The molecule has 7 heteroatoms. The van der Waals surface area contributed by atoms with Gasteiger partial charge in [0.25, 0.3) is 0 Å². The lowest BCUT2D eigenvalue weighted by molar-refractivity contribution is -0.141. The van der Waals surface area contributed by atoms with Gasteiger partial charge in [-0.3, -0.25) is 9.59 Å². The van der Waals surface area contributed by atoms with E-state index in [2.05, 4.69) is 10.6 Å². The van der Waals surface area contributed by atoms with Crippen LogP contribution in [0.4, 0.5) is 4.79 Å². The van der Waals surface area contributed by atoms with Crippen molar-refractivity contribution in [1.29, 1.82) is 0 Å². The van der Waals surface area contributed by atoms with E-state index >= 15 is 0 Å². The molecule has 0 aromatic rings. The molecule has 2 aliphatic rings. The summed E-state index contributed by atoms with van der Waals surface area (Å²) in [5.41, 5.74) is 0. The van der Waals surface area contributed by atoms with Gasteiger partial charge in [-0.25, -0.2) is 4.79 Å². The van der Waals surface area contributed by atoms with Crippen molar-refractivity contribution in [3.63, 3.8) is 0 Å². The van der Waals surface area contributed by atoms with E-state index in [1.165, 1.54) is 6.92 Å². The van der Waals surface area contributed by atoms with Crippen molar-refractivity contribution >= 4 is 17.9 Å².